The predicted molar refractivity (Wildman–Crippen MR) is 70.4 cm³/mol. The second kappa shape index (κ2) is 5.30. The number of hydrogen-bond acceptors (Lipinski definition) is 5. The van der Waals surface area contributed by atoms with Gasteiger partial charge in [-0.25, -0.2) is 4.98 Å². The zero-order chi connectivity index (χ0) is 12.3. The van der Waals surface area contributed by atoms with Gasteiger partial charge in [0.25, 0.3) is 0 Å². The van der Waals surface area contributed by atoms with Gasteiger partial charge in [-0.1, -0.05) is 0 Å². The molecule has 0 atom stereocenters. The van der Waals surface area contributed by atoms with Crippen LogP contribution in [0.4, 0.5) is 0 Å². The van der Waals surface area contributed by atoms with Gasteiger partial charge in [0.1, 0.15) is 11.9 Å². The third kappa shape index (κ3) is 3.05. The first kappa shape index (κ1) is 12.1. The van der Waals surface area contributed by atoms with E-state index in [0.29, 0.717) is 11.4 Å². The number of rotatable bonds is 4. The van der Waals surface area contributed by atoms with Crippen molar-refractivity contribution >= 4 is 39.1 Å². The normalized spacial score (nSPS) is 10.4. The van der Waals surface area contributed by atoms with Crippen LogP contribution in [0.5, 0.6) is 0 Å². The van der Waals surface area contributed by atoms with Gasteiger partial charge in [-0.15, -0.1) is 23.1 Å². The summed E-state index contributed by atoms with van der Waals surface area (Å²) in [5, 5.41) is 9.26. The summed E-state index contributed by atoms with van der Waals surface area (Å²) in [5.74, 6) is 1.01. The van der Waals surface area contributed by atoms with Gasteiger partial charge in [-0.2, -0.15) is 5.26 Å². The number of benzene rings is 1. The van der Waals surface area contributed by atoms with Crippen LogP contribution in [0.15, 0.2) is 23.1 Å². The van der Waals surface area contributed by atoms with E-state index in [2.05, 4.69) is 4.98 Å². The Hall–Kier alpha value is -1.38. The Morgan fingerprint density at radius 1 is 1.59 bits per heavy atom. The lowest BCUT2D eigenvalue weighted by atomic mass is 10.3. The SMILES string of the molecule is CC(=O)CCSc1ccc2nc(C#N)sc2c1. The molecule has 1 aromatic carbocycles. The van der Waals surface area contributed by atoms with Crippen molar-refractivity contribution in [3.8, 4) is 6.07 Å². The van der Waals surface area contributed by atoms with Gasteiger partial charge in [0, 0.05) is 17.1 Å². The van der Waals surface area contributed by atoms with Gasteiger partial charge >= 0.3 is 0 Å². The van der Waals surface area contributed by atoms with Crippen molar-refractivity contribution in [1.29, 1.82) is 5.26 Å². The van der Waals surface area contributed by atoms with E-state index >= 15 is 0 Å². The number of thioether (sulfide) groups is 1. The summed E-state index contributed by atoms with van der Waals surface area (Å²) in [4.78, 5) is 16.1. The molecule has 0 saturated carbocycles. The molecule has 0 radical (unpaired) electrons. The largest absolute Gasteiger partial charge is 0.300 e. The van der Waals surface area contributed by atoms with Crippen molar-refractivity contribution in [2.45, 2.75) is 18.2 Å². The van der Waals surface area contributed by atoms with E-state index in [1.807, 2.05) is 24.3 Å². The molecule has 0 aliphatic heterocycles. The lowest BCUT2D eigenvalue weighted by Gasteiger charge is -1.99. The highest BCUT2D eigenvalue weighted by Crippen LogP contribution is 2.27. The summed E-state index contributed by atoms with van der Waals surface area (Å²) in [5.41, 5.74) is 0.863. The van der Waals surface area contributed by atoms with E-state index in [1.54, 1.807) is 18.7 Å². The van der Waals surface area contributed by atoms with Crippen LogP contribution >= 0.6 is 23.1 Å². The molecule has 3 nitrogen and oxygen atoms in total. The third-order valence-electron chi connectivity index (χ3n) is 2.18. The average molecular weight is 262 g/mol. The Balaban J connectivity index is 2.14. The number of aromatic nitrogens is 1. The smallest absolute Gasteiger partial charge is 0.195 e. The number of carbonyl (C=O) groups excluding carboxylic acids is 1. The minimum absolute atomic E-state index is 0.211. The average Bonchev–Trinajstić information content (AvgIpc) is 2.70. The number of nitrogens with zero attached hydrogens (tertiary/aromatic N) is 2. The van der Waals surface area contributed by atoms with Gasteiger partial charge in [-0.3, -0.25) is 4.79 Å². The molecule has 1 aromatic heterocycles. The Labute approximate surface area is 107 Å². The summed E-state index contributed by atoms with van der Waals surface area (Å²) in [6.45, 7) is 1.60. The molecule has 17 heavy (non-hydrogen) atoms. The van der Waals surface area contributed by atoms with E-state index in [0.717, 1.165) is 20.9 Å². The summed E-state index contributed by atoms with van der Waals surface area (Å²) in [6.07, 6.45) is 0.592. The molecule has 86 valence electrons. The molecule has 0 aliphatic rings. The molecule has 5 heteroatoms. The van der Waals surface area contributed by atoms with Crippen molar-refractivity contribution in [3.63, 3.8) is 0 Å². The van der Waals surface area contributed by atoms with Crippen LogP contribution in [-0.2, 0) is 4.79 Å². The number of carbonyl (C=O) groups is 1. The monoisotopic (exact) mass is 262 g/mol. The Bertz CT molecular complexity index is 598. The highest BCUT2D eigenvalue weighted by molar-refractivity contribution is 7.99. The second-order valence-electron chi connectivity index (χ2n) is 3.56. The molecule has 0 spiro atoms. The number of thiazole rings is 1. The van der Waals surface area contributed by atoms with Gasteiger partial charge in [0.15, 0.2) is 5.01 Å². The number of fused-ring (bicyclic) bond motifs is 1. The molecule has 2 aromatic rings. The lowest BCUT2D eigenvalue weighted by Crippen LogP contribution is -1.91. The molecule has 0 aliphatic carbocycles. The zero-order valence-corrected chi connectivity index (χ0v) is 10.9. The second-order valence-corrected chi connectivity index (χ2v) is 5.76. The van der Waals surface area contributed by atoms with Crippen LogP contribution < -0.4 is 0 Å². The first-order valence-corrected chi connectivity index (χ1v) is 6.92. The van der Waals surface area contributed by atoms with Crippen LogP contribution in [0, 0.1) is 11.3 Å². The maximum atomic E-state index is 10.8. The number of ketones is 1. The molecule has 0 fully saturated rings. The fourth-order valence-electron chi connectivity index (χ4n) is 1.36. The molecule has 0 amide bonds. The van der Waals surface area contributed by atoms with E-state index in [9.17, 15) is 4.79 Å². The Morgan fingerprint density at radius 3 is 3.12 bits per heavy atom. The molecule has 0 N–H and O–H groups in total. The zero-order valence-electron chi connectivity index (χ0n) is 9.27. The number of hydrogen-bond donors (Lipinski definition) is 0. The highest BCUT2D eigenvalue weighted by atomic mass is 32.2. The van der Waals surface area contributed by atoms with Gasteiger partial charge < -0.3 is 0 Å². The van der Waals surface area contributed by atoms with Gasteiger partial charge in [0.05, 0.1) is 10.2 Å². The molecule has 0 saturated heterocycles. The maximum Gasteiger partial charge on any atom is 0.195 e. The highest BCUT2D eigenvalue weighted by Gasteiger charge is 2.04. The fourth-order valence-corrected chi connectivity index (χ4v) is 3.22. The summed E-state index contributed by atoms with van der Waals surface area (Å²) in [7, 11) is 0. The molecule has 0 bridgehead atoms. The predicted octanol–water partition coefficient (Wildman–Crippen LogP) is 3.24. The van der Waals surface area contributed by atoms with E-state index < -0.39 is 0 Å². The molecule has 0 unspecified atom stereocenters. The maximum absolute atomic E-state index is 10.8. The molecular formula is C12H10N2OS2. The standard InChI is InChI=1S/C12H10N2OS2/c1-8(15)4-5-16-9-2-3-10-11(6-9)17-12(7-13)14-10/h2-3,6H,4-5H2,1H3. The van der Waals surface area contributed by atoms with E-state index in [1.165, 1.54) is 11.3 Å². The van der Waals surface area contributed by atoms with Crippen LogP contribution in [0.1, 0.15) is 18.4 Å². The van der Waals surface area contributed by atoms with E-state index in [4.69, 9.17) is 5.26 Å². The topological polar surface area (TPSA) is 53.8 Å². The molecule has 1 heterocycles. The minimum atomic E-state index is 0.211. The van der Waals surface area contributed by atoms with Crippen LogP contribution in [0.3, 0.4) is 0 Å². The van der Waals surface area contributed by atoms with Crippen molar-refractivity contribution < 1.29 is 4.79 Å². The van der Waals surface area contributed by atoms with Crippen molar-refractivity contribution in [3.05, 3.63) is 23.2 Å². The van der Waals surface area contributed by atoms with Crippen molar-refractivity contribution in [1.82, 2.24) is 4.98 Å². The van der Waals surface area contributed by atoms with Crippen LogP contribution in [0.2, 0.25) is 0 Å². The minimum Gasteiger partial charge on any atom is -0.300 e. The Kier molecular flexibility index (Phi) is 3.77. The quantitative estimate of drug-likeness (QED) is 0.794. The number of nitriles is 1. The van der Waals surface area contributed by atoms with Gasteiger partial charge in [0.2, 0.25) is 0 Å². The Morgan fingerprint density at radius 2 is 2.41 bits per heavy atom. The summed E-state index contributed by atoms with van der Waals surface area (Å²) in [6, 6.07) is 7.98. The lowest BCUT2D eigenvalue weighted by molar-refractivity contribution is -0.116. The van der Waals surface area contributed by atoms with Crippen molar-refractivity contribution in [2.75, 3.05) is 5.75 Å². The summed E-state index contributed by atoms with van der Waals surface area (Å²) < 4.78 is 1.02. The first-order valence-electron chi connectivity index (χ1n) is 5.12. The van der Waals surface area contributed by atoms with Crippen molar-refractivity contribution in [2.24, 2.45) is 0 Å². The summed E-state index contributed by atoms with van der Waals surface area (Å²) >= 11 is 3.05. The third-order valence-corrected chi connectivity index (χ3v) is 4.10. The fraction of sp³-hybridized carbons (Fsp3) is 0.250. The van der Waals surface area contributed by atoms with Gasteiger partial charge in [-0.05, 0) is 25.1 Å². The van der Waals surface area contributed by atoms with Crippen LogP contribution in [-0.4, -0.2) is 16.5 Å². The van der Waals surface area contributed by atoms with E-state index in [-0.39, 0.29) is 5.78 Å². The first-order chi connectivity index (χ1) is 8.19. The number of Topliss-reactive ketones (excluding diaryl/α,β-unsaturated/α-hetero) is 1. The molecule has 2 rings (SSSR count). The molecular weight excluding hydrogens is 252 g/mol. The van der Waals surface area contributed by atoms with Crippen LogP contribution in [0.25, 0.3) is 10.2 Å².